The molecule has 2 aliphatic heterocycles. The first-order chi connectivity index (χ1) is 13.2. The largest absolute Gasteiger partial charge is 0.467 e. The predicted molar refractivity (Wildman–Crippen MR) is 102 cm³/mol. The standard InChI is InChI=1S/C21H27N3O3/c1-27-21(26)19-12-16-15-8-4-5-9-17(15)22-18(16)13-24(19)20(25)14-23-10-6-2-3-7-11-23/h4-5,8-9,19,22H,2-3,6-7,10-14H2,1H3/p+1/t19-/m1/s1. The van der Waals surface area contributed by atoms with Gasteiger partial charge in [0.1, 0.15) is 6.04 Å². The van der Waals surface area contributed by atoms with Crippen molar-refractivity contribution in [3.8, 4) is 0 Å². The number of esters is 1. The van der Waals surface area contributed by atoms with Crippen LogP contribution in [0.3, 0.4) is 0 Å². The number of rotatable bonds is 3. The number of aromatic nitrogens is 1. The lowest BCUT2D eigenvalue weighted by molar-refractivity contribution is -0.891. The summed E-state index contributed by atoms with van der Waals surface area (Å²) in [5.41, 5.74) is 3.22. The number of fused-ring (bicyclic) bond motifs is 3. The lowest BCUT2D eigenvalue weighted by atomic mass is 9.96. The first-order valence-electron chi connectivity index (χ1n) is 9.96. The molecule has 1 atom stereocenters. The highest BCUT2D eigenvalue weighted by Crippen LogP contribution is 2.30. The quantitative estimate of drug-likeness (QED) is 0.794. The van der Waals surface area contributed by atoms with E-state index in [-0.39, 0.29) is 11.9 Å². The van der Waals surface area contributed by atoms with Gasteiger partial charge in [-0.05, 0) is 37.3 Å². The molecule has 1 fully saturated rings. The number of quaternary nitrogens is 1. The Kier molecular flexibility index (Phi) is 5.16. The van der Waals surface area contributed by atoms with Crippen LogP contribution in [0.4, 0.5) is 0 Å². The van der Waals surface area contributed by atoms with Crippen LogP contribution in [0.5, 0.6) is 0 Å². The number of aromatic amines is 1. The van der Waals surface area contributed by atoms with Gasteiger partial charge in [-0.25, -0.2) is 4.79 Å². The van der Waals surface area contributed by atoms with Gasteiger partial charge in [-0.1, -0.05) is 18.2 Å². The highest BCUT2D eigenvalue weighted by Gasteiger charge is 2.38. The van der Waals surface area contributed by atoms with Gasteiger partial charge < -0.3 is 19.5 Å². The van der Waals surface area contributed by atoms with Crippen molar-refractivity contribution in [2.45, 2.75) is 44.7 Å². The topological polar surface area (TPSA) is 66.8 Å². The minimum atomic E-state index is -0.541. The van der Waals surface area contributed by atoms with Crippen LogP contribution < -0.4 is 4.90 Å². The van der Waals surface area contributed by atoms with E-state index in [9.17, 15) is 9.59 Å². The van der Waals surface area contributed by atoms with Crippen LogP contribution in [-0.4, -0.2) is 54.5 Å². The molecule has 2 N–H and O–H groups in total. The molecule has 144 valence electrons. The molecule has 0 saturated carbocycles. The Balaban J connectivity index is 1.59. The number of amides is 1. The Morgan fingerprint density at radius 3 is 2.67 bits per heavy atom. The van der Waals surface area contributed by atoms with Gasteiger partial charge in [0.15, 0.2) is 6.54 Å². The van der Waals surface area contributed by atoms with Gasteiger partial charge in [-0.2, -0.15) is 0 Å². The summed E-state index contributed by atoms with van der Waals surface area (Å²) in [6.07, 6.45) is 5.37. The monoisotopic (exact) mass is 370 g/mol. The Hall–Kier alpha value is -2.34. The van der Waals surface area contributed by atoms with Gasteiger partial charge in [0.05, 0.1) is 26.7 Å². The van der Waals surface area contributed by atoms with Crippen molar-refractivity contribution < 1.29 is 19.2 Å². The van der Waals surface area contributed by atoms with E-state index in [1.807, 2.05) is 18.2 Å². The number of hydrogen-bond acceptors (Lipinski definition) is 3. The zero-order chi connectivity index (χ0) is 18.8. The van der Waals surface area contributed by atoms with Crippen LogP contribution in [-0.2, 0) is 27.3 Å². The Labute approximate surface area is 159 Å². The van der Waals surface area contributed by atoms with Crippen LogP contribution in [0.1, 0.15) is 36.9 Å². The number of nitrogens with one attached hydrogen (secondary N) is 2. The van der Waals surface area contributed by atoms with Crippen LogP contribution >= 0.6 is 0 Å². The van der Waals surface area contributed by atoms with Crippen molar-refractivity contribution >= 4 is 22.8 Å². The molecule has 3 heterocycles. The molecule has 4 rings (SSSR count). The Bertz CT molecular complexity index is 836. The van der Waals surface area contributed by atoms with Crippen LogP contribution in [0.2, 0.25) is 0 Å². The predicted octanol–water partition coefficient (Wildman–Crippen LogP) is 1.05. The molecule has 1 amide bonds. The Morgan fingerprint density at radius 2 is 1.93 bits per heavy atom. The fourth-order valence-corrected chi connectivity index (χ4v) is 4.54. The summed E-state index contributed by atoms with van der Waals surface area (Å²) in [7, 11) is 1.40. The lowest BCUT2D eigenvalue weighted by Crippen LogP contribution is -3.13. The molecule has 1 aromatic heterocycles. The maximum Gasteiger partial charge on any atom is 0.328 e. The van der Waals surface area contributed by atoms with Gasteiger partial charge in [0.25, 0.3) is 5.91 Å². The van der Waals surface area contributed by atoms with E-state index in [1.165, 1.54) is 37.7 Å². The third kappa shape index (κ3) is 3.58. The van der Waals surface area contributed by atoms with Crippen molar-refractivity contribution in [3.63, 3.8) is 0 Å². The lowest BCUT2D eigenvalue weighted by Gasteiger charge is -2.34. The molecule has 0 radical (unpaired) electrons. The van der Waals surface area contributed by atoms with Crippen molar-refractivity contribution in [2.24, 2.45) is 0 Å². The summed E-state index contributed by atoms with van der Waals surface area (Å²) in [6.45, 7) is 2.99. The molecule has 0 spiro atoms. The zero-order valence-electron chi connectivity index (χ0n) is 15.9. The maximum atomic E-state index is 13.1. The summed E-state index contributed by atoms with van der Waals surface area (Å²) in [6, 6.07) is 7.56. The Morgan fingerprint density at radius 1 is 1.19 bits per heavy atom. The van der Waals surface area contributed by atoms with Crippen LogP contribution in [0.15, 0.2) is 24.3 Å². The summed E-state index contributed by atoms with van der Waals surface area (Å²) in [5.74, 6) is -0.281. The van der Waals surface area contributed by atoms with Crippen molar-refractivity contribution in [1.29, 1.82) is 0 Å². The number of nitrogens with zero attached hydrogens (tertiary/aromatic N) is 1. The summed E-state index contributed by atoms with van der Waals surface area (Å²) < 4.78 is 5.03. The van der Waals surface area contributed by atoms with Crippen molar-refractivity contribution in [3.05, 3.63) is 35.5 Å². The van der Waals surface area contributed by atoms with Crippen LogP contribution in [0, 0.1) is 0 Å². The molecule has 0 bridgehead atoms. The smallest absolute Gasteiger partial charge is 0.328 e. The average molecular weight is 370 g/mol. The summed E-state index contributed by atoms with van der Waals surface area (Å²) in [5, 5.41) is 1.13. The highest BCUT2D eigenvalue weighted by atomic mass is 16.5. The van der Waals surface area contributed by atoms with E-state index in [2.05, 4.69) is 11.1 Å². The molecule has 0 unspecified atom stereocenters. The van der Waals surface area contributed by atoms with Crippen molar-refractivity contribution in [2.75, 3.05) is 26.7 Å². The van der Waals surface area contributed by atoms with E-state index in [4.69, 9.17) is 4.74 Å². The molecule has 0 aliphatic carbocycles. The molecule has 2 aromatic rings. The van der Waals surface area contributed by atoms with E-state index in [1.54, 1.807) is 4.90 Å². The molecule has 27 heavy (non-hydrogen) atoms. The normalized spacial score (nSPS) is 20.9. The minimum Gasteiger partial charge on any atom is -0.467 e. The number of carbonyl (C=O) groups excluding carboxylic acids is 2. The van der Waals surface area contributed by atoms with Crippen LogP contribution in [0.25, 0.3) is 10.9 Å². The van der Waals surface area contributed by atoms with Crippen molar-refractivity contribution in [1.82, 2.24) is 9.88 Å². The van der Waals surface area contributed by atoms with E-state index < -0.39 is 6.04 Å². The number of methoxy groups -OCH3 is 1. The van der Waals surface area contributed by atoms with E-state index in [0.717, 1.165) is 35.2 Å². The second-order valence-corrected chi connectivity index (χ2v) is 7.73. The molecular weight excluding hydrogens is 342 g/mol. The molecule has 1 aromatic carbocycles. The van der Waals surface area contributed by atoms with E-state index >= 15 is 0 Å². The van der Waals surface area contributed by atoms with Gasteiger partial charge >= 0.3 is 5.97 Å². The van der Waals surface area contributed by atoms with Gasteiger partial charge in [0.2, 0.25) is 0 Å². The third-order valence-electron chi connectivity index (χ3n) is 6.01. The second-order valence-electron chi connectivity index (χ2n) is 7.73. The first-order valence-corrected chi connectivity index (χ1v) is 9.96. The summed E-state index contributed by atoms with van der Waals surface area (Å²) in [4.78, 5) is 32.1. The third-order valence-corrected chi connectivity index (χ3v) is 6.01. The molecule has 6 heteroatoms. The number of hydrogen-bond donors (Lipinski definition) is 2. The number of ether oxygens (including phenoxy) is 1. The first kappa shape index (κ1) is 18.0. The SMILES string of the molecule is COC(=O)[C@H]1Cc2c([nH]c3ccccc23)CN1C(=O)C[NH+]1CCCCCC1. The van der Waals surface area contributed by atoms with Gasteiger partial charge in [-0.15, -0.1) is 0 Å². The average Bonchev–Trinajstić information content (AvgIpc) is 2.85. The number of H-pyrrole nitrogens is 1. The zero-order valence-corrected chi connectivity index (χ0v) is 15.9. The fraction of sp³-hybridized carbons (Fsp3) is 0.524. The number of likely N-dealkylation sites (tertiary alicyclic amines) is 1. The minimum absolute atomic E-state index is 0.0478. The molecule has 6 nitrogen and oxygen atoms in total. The number of para-hydroxylation sites is 1. The molecule has 1 saturated heterocycles. The van der Waals surface area contributed by atoms with E-state index in [0.29, 0.717) is 19.5 Å². The molecule has 2 aliphatic rings. The number of carbonyl (C=O) groups is 2. The summed E-state index contributed by atoms with van der Waals surface area (Å²) >= 11 is 0. The van der Waals surface area contributed by atoms with Gasteiger partial charge in [0, 0.05) is 23.0 Å². The number of benzene rings is 1. The maximum absolute atomic E-state index is 13.1. The van der Waals surface area contributed by atoms with Gasteiger partial charge in [-0.3, -0.25) is 4.79 Å². The molecular formula is C21H28N3O3+. The highest BCUT2D eigenvalue weighted by molar-refractivity contribution is 5.90. The fourth-order valence-electron chi connectivity index (χ4n) is 4.54. The second kappa shape index (κ2) is 7.72.